The third-order valence-electron chi connectivity index (χ3n) is 4.40. The average Bonchev–Trinajstić information content (AvgIpc) is 3.25. The van der Waals surface area contributed by atoms with E-state index in [-0.39, 0.29) is 5.97 Å². The highest BCUT2D eigenvalue weighted by molar-refractivity contribution is 5.81. The predicted octanol–water partition coefficient (Wildman–Crippen LogP) is 2.66. The Morgan fingerprint density at radius 1 is 1.19 bits per heavy atom. The number of ether oxygens (including phenoxy) is 1. The zero-order valence-corrected chi connectivity index (χ0v) is 14.5. The van der Waals surface area contributed by atoms with Crippen molar-refractivity contribution in [1.82, 2.24) is 4.90 Å². The van der Waals surface area contributed by atoms with Crippen molar-refractivity contribution >= 4 is 5.97 Å². The Hall–Kier alpha value is -0.610. The molecule has 1 fully saturated rings. The van der Waals surface area contributed by atoms with E-state index >= 15 is 0 Å². The van der Waals surface area contributed by atoms with Crippen molar-refractivity contribution in [2.45, 2.75) is 58.9 Å². The number of hydrogen-bond donors (Lipinski definition) is 1. The molecule has 0 heterocycles. The lowest BCUT2D eigenvalue weighted by Gasteiger charge is -2.34. The lowest BCUT2D eigenvalue weighted by molar-refractivity contribution is -0.149. The molecule has 0 saturated heterocycles. The molecule has 2 N–H and O–H groups in total. The monoisotopic (exact) mass is 298 g/mol. The van der Waals surface area contributed by atoms with Gasteiger partial charge in [0.1, 0.15) is 5.54 Å². The zero-order valence-electron chi connectivity index (χ0n) is 14.5. The minimum Gasteiger partial charge on any atom is -0.468 e. The van der Waals surface area contributed by atoms with Crippen molar-refractivity contribution in [2.75, 3.05) is 26.7 Å². The van der Waals surface area contributed by atoms with Gasteiger partial charge in [0.25, 0.3) is 0 Å². The van der Waals surface area contributed by atoms with Crippen LogP contribution in [0.15, 0.2) is 0 Å². The summed E-state index contributed by atoms with van der Waals surface area (Å²) in [6, 6.07) is 0. The molecule has 4 nitrogen and oxygen atoms in total. The molecule has 1 aliphatic carbocycles. The van der Waals surface area contributed by atoms with Crippen LogP contribution in [0, 0.1) is 17.8 Å². The summed E-state index contributed by atoms with van der Waals surface area (Å²) in [7, 11) is 1.44. The minimum absolute atomic E-state index is 0.246. The second-order valence-corrected chi connectivity index (χ2v) is 7.45. The van der Waals surface area contributed by atoms with Gasteiger partial charge in [-0.25, -0.2) is 0 Å². The van der Waals surface area contributed by atoms with Crippen LogP contribution in [-0.4, -0.2) is 43.2 Å². The van der Waals surface area contributed by atoms with Crippen LogP contribution >= 0.6 is 0 Å². The molecule has 124 valence electrons. The highest BCUT2D eigenvalue weighted by Gasteiger charge is 2.49. The maximum atomic E-state index is 12.2. The fourth-order valence-corrected chi connectivity index (χ4v) is 2.67. The first-order valence-corrected chi connectivity index (χ1v) is 8.39. The van der Waals surface area contributed by atoms with Crippen LogP contribution in [0.5, 0.6) is 0 Å². The summed E-state index contributed by atoms with van der Waals surface area (Å²) in [6.45, 7) is 11.6. The molecule has 1 atom stereocenters. The Kier molecular flexibility index (Phi) is 7.14. The third-order valence-corrected chi connectivity index (χ3v) is 4.40. The summed E-state index contributed by atoms with van der Waals surface area (Å²) >= 11 is 0. The smallest absolute Gasteiger partial charge is 0.327 e. The van der Waals surface area contributed by atoms with Gasteiger partial charge in [0.2, 0.25) is 0 Å². The zero-order chi connectivity index (χ0) is 16.0. The molecule has 0 spiro atoms. The fraction of sp³-hybridized carbons (Fsp3) is 0.941. The third kappa shape index (κ3) is 5.95. The van der Waals surface area contributed by atoms with Crippen LogP contribution in [0.3, 0.4) is 0 Å². The number of rotatable bonds is 10. The van der Waals surface area contributed by atoms with E-state index in [0.29, 0.717) is 24.3 Å². The van der Waals surface area contributed by atoms with Gasteiger partial charge in [0.15, 0.2) is 0 Å². The van der Waals surface area contributed by atoms with Gasteiger partial charge in [-0.1, -0.05) is 27.7 Å². The summed E-state index contributed by atoms with van der Waals surface area (Å²) in [5, 5.41) is 0. The Labute approximate surface area is 130 Å². The van der Waals surface area contributed by atoms with Crippen LogP contribution in [0.2, 0.25) is 0 Å². The van der Waals surface area contributed by atoms with E-state index in [2.05, 4.69) is 32.6 Å². The van der Waals surface area contributed by atoms with Crippen LogP contribution in [0.25, 0.3) is 0 Å². The Morgan fingerprint density at radius 2 is 1.67 bits per heavy atom. The first kappa shape index (κ1) is 18.4. The van der Waals surface area contributed by atoms with E-state index in [4.69, 9.17) is 10.5 Å². The van der Waals surface area contributed by atoms with Gasteiger partial charge in [-0.2, -0.15) is 0 Å². The van der Waals surface area contributed by atoms with E-state index in [1.165, 1.54) is 7.11 Å². The normalized spacial score (nSPS) is 18.3. The van der Waals surface area contributed by atoms with Gasteiger partial charge in [-0.3, -0.25) is 4.79 Å². The molecule has 0 bridgehead atoms. The number of nitrogens with two attached hydrogens (primary N) is 1. The van der Waals surface area contributed by atoms with Gasteiger partial charge >= 0.3 is 5.97 Å². The maximum absolute atomic E-state index is 12.2. The van der Waals surface area contributed by atoms with Gasteiger partial charge in [-0.05, 0) is 56.5 Å². The van der Waals surface area contributed by atoms with Crippen LogP contribution in [-0.2, 0) is 9.53 Å². The Bertz CT molecular complexity index is 315. The van der Waals surface area contributed by atoms with Crippen molar-refractivity contribution < 1.29 is 9.53 Å². The highest BCUT2D eigenvalue weighted by Crippen LogP contribution is 2.39. The Morgan fingerprint density at radius 3 is 2.00 bits per heavy atom. The van der Waals surface area contributed by atoms with Crippen molar-refractivity contribution in [2.24, 2.45) is 23.5 Å². The molecule has 0 aromatic carbocycles. The standard InChI is InChI=1S/C17H34N2O2/c1-13(2)8-10-19(11-9-14(3)4)12-17(18,15-6-7-15)16(20)21-5/h13-15H,6-12,18H2,1-5H3. The molecule has 0 aliphatic heterocycles. The molecule has 0 aromatic rings. The van der Waals surface area contributed by atoms with Crippen LogP contribution < -0.4 is 5.73 Å². The van der Waals surface area contributed by atoms with Gasteiger partial charge in [0, 0.05) is 6.54 Å². The first-order chi connectivity index (χ1) is 9.79. The molecule has 0 aromatic heterocycles. The number of carbonyl (C=O) groups excluding carboxylic acids is 1. The molecular formula is C17H34N2O2. The average molecular weight is 298 g/mol. The Balaban J connectivity index is 2.68. The lowest BCUT2D eigenvalue weighted by Crippen LogP contribution is -2.58. The second-order valence-electron chi connectivity index (χ2n) is 7.45. The summed E-state index contributed by atoms with van der Waals surface area (Å²) in [5.74, 6) is 1.38. The van der Waals surface area contributed by atoms with Gasteiger partial charge in [0.05, 0.1) is 7.11 Å². The second kappa shape index (κ2) is 8.14. The largest absolute Gasteiger partial charge is 0.468 e. The number of hydrogen-bond acceptors (Lipinski definition) is 4. The lowest BCUT2D eigenvalue weighted by atomic mass is 9.93. The van der Waals surface area contributed by atoms with Crippen LogP contribution in [0.4, 0.5) is 0 Å². The van der Waals surface area contributed by atoms with E-state index in [1.54, 1.807) is 0 Å². The molecule has 1 rings (SSSR count). The molecule has 0 amide bonds. The minimum atomic E-state index is -0.817. The number of carbonyl (C=O) groups is 1. The summed E-state index contributed by atoms with van der Waals surface area (Å²) < 4.78 is 4.98. The van der Waals surface area contributed by atoms with E-state index in [1.807, 2.05) is 0 Å². The van der Waals surface area contributed by atoms with Gasteiger partial charge < -0.3 is 15.4 Å². The van der Waals surface area contributed by atoms with Crippen molar-refractivity contribution in [3.8, 4) is 0 Å². The molecule has 21 heavy (non-hydrogen) atoms. The number of esters is 1. The van der Waals surface area contributed by atoms with Crippen LogP contribution in [0.1, 0.15) is 53.4 Å². The SMILES string of the molecule is COC(=O)C(N)(CN(CCC(C)C)CCC(C)C)C1CC1. The van der Waals surface area contributed by atoms with E-state index < -0.39 is 5.54 Å². The number of nitrogens with zero attached hydrogens (tertiary/aromatic N) is 1. The summed E-state index contributed by atoms with van der Waals surface area (Å²) in [6.07, 6.45) is 4.38. The highest BCUT2D eigenvalue weighted by atomic mass is 16.5. The van der Waals surface area contributed by atoms with Crippen molar-refractivity contribution in [3.63, 3.8) is 0 Å². The first-order valence-electron chi connectivity index (χ1n) is 8.39. The fourth-order valence-electron chi connectivity index (χ4n) is 2.67. The molecule has 1 aliphatic rings. The van der Waals surface area contributed by atoms with Gasteiger partial charge in [-0.15, -0.1) is 0 Å². The summed E-state index contributed by atoms with van der Waals surface area (Å²) in [4.78, 5) is 14.5. The summed E-state index contributed by atoms with van der Waals surface area (Å²) in [5.41, 5.74) is 5.64. The van der Waals surface area contributed by atoms with E-state index in [0.717, 1.165) is 38.8 Å². The van der Waals surface area contributed by atoms with Crippen molar-refractivity contribution in [1.29, 1.82) is 0 Å². The molecular weight excluding hydrogens is 264 g/mol. The number of methoxy groups -OCH3 is 1. The molecule has 0 radical (unpaired) electrons. The molecule has 1 saturated carbocycles. The molecule has 4 heteroatoms. The van der Waals surface area contributed by atoms with E-state index in [9.17, 15) is 4.79 Å². The maximum Gasteiger partial charge on any atom is 0.327 e. The van der Waals surface area contributed by atoms with Crippen molar-refractivity contribution in [3.05, 3.63) is 0 Å². The quantitative estimate of drug-likeness (QED) is 0.630. The predicted molar refractivity (Wildman–Crippen MR) is 87.0 cm³/mol. The molecule has 1 unspecified atom stereocenters. The topological polar surface area (TPSA) is 55.6 Å².